The van der Waals surface area contributed by atoms with Gasteiger partial charge in [-0.2, -0.15) is 0 Å². The van der Waals surface area contributed by atoms with Crippen molar-refractivity contribution in [1.82, 2.24) is 14.3 Å². The molecule has 1 amide bonds. The summed E-state index contributed by atoms with van der Waals surface area (Å²) in [6.45, 7) is 2.73. The molecule has 138 valence electrons. The number of halogens is 1. The molecule has 0 saturated heterocycles. The number of hydrogen-bond donors (Lipinski definition) is 0. The van der Waals surface area contributed by atoms with Crippen LogP contribution in [0.3, 0.4) is 0 Å². The number of thioether (sulfide) groups is 1. The normalized spacial score (nSPS) is 13.6. The van der Waals surface area contributed by atoms with Crippen molar-refractivity contribution in [1.29, 1.82) is 0 Å². The molecule has 0 saturated carbocycles. The van der Waals surface area contributed by atoms with Crippen molar-refractivity contribution in [2.45, 2.75) is 24.8 Å². The van der Waals surface area contributed by atoms with Gasteiger partial charge in [-0.25, -0.2) is 9.37 Å². The molecule has 3 heterocycles. The number of amides is 1. The van der Waals surface area contributed by atoms with Crippen molar-refractivity contribution in [3.63, 3.8) is 0 Å². The molecule has 1 aromatic carbocycles. The highest BCUT2D eigenvalue weighted by atomic mass is 32.2. The molecule has 1 aliphatic heterocycles. The lowest BCUT2D eigenvalue weighted by molar-refractivity contribution is 0.0729. The molecule has 5 nitrogen and oxygen atoms in total. The van der Waals surface area contributed by atoms with Gasteiger partial charge in [0.15, 0.2) is 0 Å². The van der Waals surface area contributed by atoms with Crippen LogP contribution >= 0.6 is 11.8 Å². The van der Waals surface area contributed by atoms with Gasteiger partial charge in [-0.3, -0.25) is 14.0 Å². The van der Waals surface area contributed by atoms with Gasteiger partial charge in [0, 0.05) is 24.1 Å². The first kappa shape index (κ1) is 17.7. The summed E-state index contributed by atoms with van der Waals surface area (Å²) in [5, 5.41) is 0. The lowest BCUT2D eigenvalue weighted by Gasteiger charge is -2.28. The van der Waals surface area contributed by atoms with Crippen LogP contribution in [0.2, 0.25) is 0 Å². The Hall–Kier alpha value is -2.67. The van der Waals surface area contributed by atoms with E-state index in [4.69, 9.17) is 0 Å². The molecule has 0 N–H and O–H groups in total. The van der Waals surface area contributed by atoms with Gasteiger partial charge in [0.1, 0.15) is 11.5 Å². The smallest absolute Gasteiger partial charge is 0.263 e. The van der Waals surface area contributed by atoms with Crippen LogP contribution < -0.4 is 5.56 Å². The number of aromatic nitrogens is 2. The molecule has 0 unspecified atom stereocenters. The van der Waals surface area contributed by atoms with Crippen LogP contribution in [0.1, 0.15) is 28.5 Å². The summed E-state index contributed by atoms with van der Waals surface area (Å²) in [6.07, 6.45) is 1.65. The van der Waals surface area contributed by atoms with Crippen LogP contribution in [0, 0.1) is 5.82 Å². The van der Waals surface area contributed by atoms with E-state index in [-0.39, 0.29) is 18.0 Å². The van der Waals surface area contributed by atoms with Crippen molar-refractivity contribution in [3.05, 3.63) is 75.6 Å². The van der Waals surface area contributed by atoms with E-state index in [0.717, 1.165) is 16.8 Å². The van der Waals surface area contributed by atoms with E-state index in [1.807, 2.05) is 31.2 Å². The van der Waals surface area contributed by atoms with E-state index in [1.54, 1.807) is 16.7 Å². The molecule has 3 aromatic rings. The number of pyridine rings is 1. The number of rotatable bonds is 3. The number of fused-ring (bicyclic) bond motifs is 2. The van der Waals surface area contributed by atoms with Gasteiger partial charge in [-0.1, -0.05) is 19.1 Å². The van der Waals surface area contributed by atoms with E-state index in [9.17, 15) is 14.0 Å². The van der Waals surface area contributed by atoms with Gasteiger partial charge < -0.3 is 4.90 Å². The lowest BCUT2D eigenvalue weighted by Crippen LogP contribution is -2.40. The third-order valence-corrected chi connectivity index (χ3v) is 5.59. The van der Waals surface area contributed by atoms with Gasteiger partial charge in [-0.05, 0) is 30.0 Å². The van der Waals surface area contributed by atoms with E-state index in [1.165, 1.54) is 16.5 Å². The number of carbonyl (C=O) groups is 1. The minimum atomic E-state index is -0.499. The van der Waals surface area contributed by atoms with Crippen LogP contribution in [0.5, 0.6) is 0 Å². The molecular formula is C20H18FN3O2S. The zero-order valence-corrected chi connectivity index (χ0v) is 15.6. The van der Waals surface area contributed by atoms with Crippen LogP contribution in [0.25, 0.3) is 5.65 Å². The van der Waals surface area contributed by atoms with Gasteiger partial charge in [0.05, 0.1) is 23.4 Å². The SMILES string of the molecule is CCSc1ccccc1C(=O)N1CCc2nc3ccc(F)cn3c(=O)c2C1. The first-order chi connectivity index (χ1) is 13.1. The monoisotopic (exact) mass is 383 g/mol. The van der Waals surface area contributed by atoms with Crippen LogP contribution in [-0.4, -0.2) is 32.5 Å². The Morgan fingerprint density at radius 2 is 2.07 bits per heavy atom. The molecule has 1 aliphatic rings. The zero-order valence-electron chi connectivity index (χ0n) is 14.8. The predicted octanol–water partition coefficient (Wildman–Crippen LogP) is 3.14. The van der Waals surface area contributed by atoms with Gasteiger partial charge in [0.2, 0.25) is 0 Å². The maximum Gasteiger partial charge on any atom is 0.263 e. The fourth-order valence-corrected chi connectivity index (χ4v) is 4.14. The Kier molecular flexibility index (Phi) is 4.70. The predicted molar refractivity (Wildman–Crippen MR) is 103 cm³/mol. The Morgan fingerprint density at radius 1 is 1.26 bits per heavy atom. The fraction of sp³-hybridized carbons (Fsp3) is 0.250. The molecule has 7 heteroatoms. The third kappa shape index (κ3) is 3.23. The number of nitrogens with zero attached hydrogens (tertiary/aromatic N) is 3. The standard InChI is InChI=1S/C20H18FN3O2S/c1-2-27-17-6-4-3-5-14(17)19(25)23-10-9-16-15(12-23)20(26)24-11-13(21)7-8-18(24)22-16/h3-8,11H,2,9-10,12H2,1H3. The molecule has 4 rings (SSSR count). The molecule has 0 radical (unpaired) electrons. The Balaban J connectivity index is 1.71. The third-order valence-electron chi connectivity index (χ3n) is 4.64. The van der Waals surface area contributed by atoms with E-state index in [0.29, 0.717) is 35.4 Å². The topological polar surface area (TPSA) is 54.7 Å². The Morgan fingerprint density at radius 3 is 2.89 bits per heavy atom. The quantitative estimate of drug-likeness (QED) is 0.652. The number of hydrogen-bond acceptors (Lipinski definition) is 4. The summed E-state index contributed by atoms with van der Waals surface area (Å²) in [4.78, 5) is 33.0. The molecule has 2 aromatic heterocycles. The Labute approximate surface area is 159 Å². The highest BCUT2D eigenvalue weighted by Crippen LogP contribution is 2.25. The molecule has 0 fully saturated rings. The summed E-state index contributed by atoms with van der Waals surface area (Å²) in [5.74, 6) is 0.275. The highest BCUT2D eigenvalue weighted by Gasteiger charge is 2.26. The summed E-state index contributed by atoms with van der Waals surface area (Å²) in [5.41, 5.74) is 1.89. The largest absolute Gasteiger partial charge is 0.334 e. The van der Waals surface area contributed by atoms with Gasteiger partial charge in [0.25, 0.3) is 11.5 Å². The van der Waals surface area contributed by atoms with Crippen molar-refractivity contribution in [3.8, 4) is 0 Å². The van der Waals surface area contributed by atoms with Crippen molar-refractivity contribution < 1.29 is 9.18 Å². The maximum absolute atomic E-state index is 13.5. The van der Waals surface area contributed by atoms with E-state index >= 15 is 0 Å². The first-order valence-corrected chi connectivity index (χ1v) is 9.78. The van der Waals surface area contributed by atoms with Crippen molar-refractivity contribution in [2.24, 2.45) is 0 Å². The number of benzene rings is 1. The van der Waals surface area contributed by atoms with Gasteiger partial charge >= 0.3 is 0 Å². The van der Waals surface area contributed by atoms with Gasteiger partial charge in [-0.15, -0.1) is 11.8 Å². The average molecular weight is 383 g/mol. The van der Waals surface area contributed by atoms with Crippen LogP contribution in [-0.2, 0) is 13.0 Å². The van der Waals surface area contributed by atoms with Crippen LogP contribution in [0.4, 0.5) is 4.39 Å². The second kappa shape index (κ2) is 7.15. The number of carbonyl (C=O) groups excluding carboxylic acids is 1. The zero-order chi connectivity index (χ0) is 19.0. The Bertz CT molecular complexity index is 1100. The molecular weight excluding hydrogens is 365 g/mol. The lowest BCUT2D eigenvalue weighted by atomic mass is 10.1. The fourth-order valence-electron chi connectivity index (χ4n) is 3.34. The average Bonchev–Trinajstić information content (AvgIpc) is 2.69. The molecule has 0 aliphatic carbocycles. The maximum atomic E-state index is 13.5. The first-order valence-electron chi connectivity index (χ1n) is 8.79. The molecule has 0 bridgehead atoms. The second-order valence-electron chi connectivity index (χ2n) is 6.32. The highest BCUT2D eigenvalue weighted by molar-refractivity contribution is 7.99. The summed E-state index contributed by atoms with van der Waals surface area (Å²) < 4.78 is 14.7. The summed E-state index contributed by atoms with van der Waals surface area (Å²) in [7, 11) is 0. The minimum absolute atomic E-state index is 0.0964. The second-order valence-corrected chi connectivity index (χ2v) is 7.63. The minimum Gasteiger partial charge on any atom is -0.334 e. The van der Waals surface area contributed by atoms with Crippen molar-refractivity contribution in [2.75, 3.05) is 12.3 Å². The summed E-state index contributed by atoms with van der Waals surface area (Å²) in [6, 6.07) is 10.3. The summed E-state index contributed by atoms with van der Waals surface area (Å²) >= 11 is 1.62. The van der Waals surface area contributed by atoms with Crippen molar-refractivity contribution >= 4 is 23.3 Å². The van der Waals surface area contributed by atoms with E-state index < -0.39 is 5.82 Å². The van der Waals surface area contributed by atoms with Crippen LogP contribution in [0.15, 0.2) is 52.3 Å². The van der Waals surface area contributed by atoms with E-state index in [2.05, 4.69) is 4.98 Å². The molecule has 0 spiro atoms. The molecule has 0 atom stereocenters. The molecule has 27 heavy (non-hydrogen) atoms.